The first-order valence-electron chi connectivity index (χ1n) is 9.48. The number of halogens is 1. The normalized spacial score (nSPS) is 21.2. The van der Waals surface area contributed by atoms with Crippen molar-refractivity contribution >= 4 is 24.2 Å². The number of piperidine rings is 1. The SMILES string of the molecule is C[C@H]1CNCCN1C(=O)C1CCN(C(=O)CCc2ccccc2)CC1.Cl. The monoisotopic (exact) mass is 379 g/mol. The van der Waals surface area contributed by atoms with Gasteiger partial charge in [-0.1, -0.05) is 30.3 Å². The molecule has 1 aromatic carbocycles. The second-order valence-electron chi connectivity index (χ2n) is 7.23. The van der Waals surface area contributed by atoms with E-state index in [1.54, 1.807) is 0 Å². The Morgan fingerprint density at radius 2 is 1.81 bits per heavy atom. The third-order valence-corrected chi connectivity index (χ3v) is 5.45. The van der Waals surface area contributed by atoms with Gasteiger partial charge in [0.2, 0.25) is 11.8 Å². The molecule has 0 aliphatic carbocycles. The molecule has 1 aromatic rings. The predicted molar refractivity (Wildman–Crippen MR) is 105 cm³/mol. The summed E-state index contributed by atoms with van der Waals surface area (Å²) in [6.07, 6.45) is 2.94. The lowest BCUT2D eigenvalue weighted by atomic mass is 9.94. The van der Waals surface area contributed by atoms with E-state index < -0.39 is 0 Å². The summed E-state index contributed by atoms with van der Waals surface area (Å²) in [6.45, 7) is 6.09. The summed E-state index contributed by atoms with van der Waals surface area (Å²) in [6, 6.07) is 10.4. The highest BCUT2D eigenvalue weighted by Gasteiger charge is 2.32. The second kappa shape index (κ2) is 9.93. The zero-order chi connectivity index (χ0) is 17.6. The number of likely N-dealkylation sites (tertiary alicyclic amines) is 1. The number of aryl methyl sites for hydroxylation is 1. The molecule has 26 heavy (non-hydrogen) atoms. The number of carbonyl (C=O) groups excluding carboxylic acids is 2. The summed E-state index contributed by atoms with van der Waals surface area (Å²) in [7, 11) is 0. The first-order valence-corrected chi connectivity index (χ1v) is 9.48. The molecule has 144 valence electrons. The van der Waals surface area contributed by atoms with Crippen LogP contribution in [0.4, 0.5) is 0 Å². The van der Waals surface area contributed by atoms with Crippen LogP contribution in [-0.4, -0.2) is 60.4 Å². The van der Waals surface area contributed by atoms with Crippen molar-refractivity contribution in [2.24, 2.45) is 5.92 Å². The minimum Gasteiger partial charge on any atom is -0.343 e. The molecule has 3 rings (SSSR count). The van der Waals surface area contributed by atoms with Crippen molar-refractivity contribution < 1.29 is 9.59 Å². The Kier molecular flexibility index (Phi) is 7.91. The maximum Gasteiger partial charge on any atom is 0.226 e. The Morgan fingerprint density at radius 3 is 2.46 bits per heavy atom. The maximum absolute atomic E-state index is 12.7. The standard InChI is InChI=1S/C20H29N3O2.ClH/c1-16-15-21-11-14-23(16)20(25)18-9-12-22(13-10-18)19(24)8-7-17-5-3-2-4-6-17;/h2-6,16,18,21H,7-15H2,1H3;1H/t16-;/m0./s1. The molecule has 0 spiro atoms. The first-order chi connectivity index (χ1) is 12.1. The van der Waals surface area contributed by atoms with Gasteiger partial charge in [-0.05, 0) is 31.7 Å². The summed E-state index contributed by atoms with van der Waals surface area (Å²) < 4.78 is 0. The highest BCUT2D eigenvalue weighted by molar-refractivity contribution is 5.85. The van der Waals surface area contributed by atoms with E-state index in [1.165, 1.54) is 5.56 Å². The van der Waals surface area contributed by atoms with Crippen LogP contribution in [0.2, 0.25) is 0 Å². The van der Waals surface area contributed by atoms with Crippen LogP contribution in [0.15, 0.2) is 30.3 Å². The molecule has 0 radical (unpaired) electrons. The molecule has 1 atom stereocenters. The minimum absolute atomic E-state index is 0. The minimum atomic E-state index is 0. The fraction of sp³-hybridized carbons (Fsp3) is 0.600. The summed E-state index contributed by atoms with van der Waals surface area (Å²) in [5.41, 5.74) is 1.20. The van der Waals surface area contributed by atoms with Gasteiger partial charge in [-0.25, -0.2) is 0 Å². The smallest absolute Gasteiger partial charge is 0.226 e. The number of benzene rings is 1. The van der Waals surface area contributed by atoms with Crippen molar-refractivity contribution in [1.29, 1.82) is 0 Å². The third-order valence-electron chi connectivity index (χ3n) is 5.45. The fourth-order valence-corrected chi connectivity index (χ4v) is 3.83. The molecule has 0 aromatic heterocycles. The van der Waals surface area contributed by atoms with Gasteiger partial charge >= 0.3 is 0 Å². The van der Waals surface area contributed by atoms with E-state index in [4.69, 9.17) is 0 Å². The van der Waals surface area contributed by atoms with Crippen molar-refractivity contribution in [3.63, 3.8) is 0 Å². The quantitative estimate of drug-likeness (QED) is 0.871. The fourth-order valence-electron chi connectivity index (χ4n) is 3.83. The Labute approximate surface area is 162 Å². The lowest BCUT2D eigenvalue weighted by Crippen LogP contribution is -2.55. The predicted octanol–water partition coefficient (Wildman–Crippen LogP) is 2.10. The average molecular weight is 380 g/mol. The topological polar surface area (TPSA) is 52.7 Å². The van der Waals surface area contributed by atoms with Gasteiger partial charge in [-0.2, -0.15) is 0 Å². The molecule has 2 aliphatic rings. The van der Waals surface area contributed by atoms with E-state index in [1.807, 2.05) is 28.0 Å². The maximum atomic E-state index is 12.7. The Morgan fingerprint density at radius 1 is 1.12 bits per heavy atom. The molecular weight excluding hydrogens is 350 g/mol. The van der Waals surface area contributed by atoms with Crippen molar-refractivity contribution in [3.8, 4) is 0 Å². The molecular formula is C20H30ClN3O2. The van der Waals surface area contributed by atoms with Crippen LogP contribution < -0.4 is 5.32 Å². The van der Waals surface area contributed by atoms with E-state index in [9.17, 15) is 9.59 Å². The summed E-state index contributed by atoms with van der Waals surface area (Å²) in [5, 5.41) is 3.33. The molecule has 2 heterocycles. The van der Waals surface area contributed by atoms with Gasteiger partial charge in [0, 0.05) is 51.1 Å². The number of piperazine rings is 1. The molecule has 2 fully saturated rings. The van der Waals surface area contributed by atoms with Gasteiger partial charge in [0.05, 0.1) is 0 Å². The van der Waals surface area contributed by atoms with Gasteiger partial charge in [-0.3, -0.25) is 9.59 Å². The summed E-state index contributed by atoms with van der Waals surface area (Å²) >= 11 is 0. The second-order valence-corrected chi connectivity index (χ2v) is 7.23. The highest BCUT2D eigenvalue weighted by Crippen LogP contribution is 2.22. The molecule has 0 bridgehead atoms. The summed E-state index contributed by atoms with van der Waals surface area (Å²) in [5.74, 6) is 0.578. The highest BCUT2D eigenvalue weighted by atomic mass is 35.5. The Bertz CT molecular complexity index is 588. The number of nitrogens with one attached hydrogen (secondary N) is 1. The van der Waals surface area contributed by atoms with E-state index in [0.717, 1.165) is 38.9 Å². The van der Waals surface area contributed by atoms with Crippen molar-refractivity contribution in [3.05, 3.63) is 35.9 Å². The number of amides is 2. The van der Waals surface area contributed by atoms with Gasteiger partial charge < -0.3 is 15.1 Å². The van der Waals surface area contributed by atoms with Crippen LogP contribution in [0.5, 0.6) is 0 Å². The Hall–Kier alpha value is -1.59. The summed E-state index contributed by atoms with van der Waals surface area (Å²) in [4.78, 5) is 29.1. The lowest BCUT2D eigenvalue weighted by molar-refractivity contribution is -0.142. The van der Waals surface area contributed by atoms with E-state index in [2.05, 4.69) is 24.4 Å². The first kappa shape index (κ1) is 20.7. The molecule has 2 aliphatic heterocycles. The molecule has 2 amide bonds. The van der Waals surface area contributed by atoms with Crippen LogP contribution in [0.25, 0.3) is 0 Å². The third kappa shape index (κ3) is 5.21. The van der Waals surface area contributed by atoms with Gasteiger partial charge in [-0.15, -0.1) is 12.4 Å². The zero-order valence-electron chi connectivity index (χ0n) is 15.5. The largest absolute Gasteiger partial charge is 0.343 e. The number of hydrogen-bond donors (Lipinski definition) is 1. The molecule has 0 unspecified atom stereocenters. The van der Waals surface area contributed by atoms with E-state index in [-0.39, 0.29) is 36.2 Å². The van der Waals surface area contributed by atoms with Crippen molar-refractivity contribution in [1.82, 2.24) is 15.1 Å². The molecule has 0 saturated carbocycles. The van der Waals surface area contributed by atoms with Crippen molar-refractivity contribution in [2.45, 2.75) is 38.6 Å². The Balaban J connectivity index is 0.00000243. The molecule has 6 heteroatoms. The van der Waals surface area contributed by atoms with Crippen LogP contribution in [0.1, 0.15) is 31.7 Å². The molecule has 1 N–H and O–H groups in total. The van der Waals surface area contributed by atoms with Gasteiger partial charge in [0.15, 0.2) is 0 Å². The van der Waals surface area contributed by atoms with Crippen molar-refractivity contribution in [2.75, 3.05) is 32.7 Å². The number of nitrogens with zero attached hydrogens (tertiary/aromatic N) is 2. The van der Waals surface area contributed by atoms with Crippen LogP contribution in [-0.2, 0) is 16.0 Å². The molecule has 2 saturated heterocycles. The van der Waals surface area contributed by atoms with Crippen LogP contribution in [0, 0.1) is 5.92 Å². The average Bonchev–Trinajstić information content (AvgIpc) is 2.67. The number of hydrogen-bond acceptors (Lipinski definition) is 3. The number of rotatable bonds is 4. The van der Waals surface area contributed by atoms with E-state index >= 15 is 0 Å². The van der Waals surface area contributed by atoms with Crippen LogP contribution in [0.3, 0.4) is 0 Å². The number of carbonyl (C=O) groups is 2. The molecule has 5 nitrogen and oxygen atoms in total. The van der Waals surface area contributed by atoms with E-state index in [0.29, 0.717) is 19.5 Å². The van der Waals surface area contributed by atoms with Crippen LogP contribution >= 0.6 is 12.4 Å². The van der Waals surface area contributed by atoms with Gasteiger partial charge in [0.1, 0.15) is 0 Å². The lowest BCUT2D eigenvalue weighted by Gasteiger charge is -2.39. The van der Waals surface area contributed by atoms with Gasteiger partial charge in [0.25, 0.3) is 0 Å². The zero-order valence-corrected chi connectivity index (χ0v) is 16.3.